The van der Waals surface area contributed by atoms with Crippen LogP contribution in [-0.2, 0) is 22.2 Å². The maximum absolute atomic E-state index is 12.9. The van der Waals surface area contributed by atoms with Crippen molar-refractivity contribution < 1.29 is 13.2 Å². The lowest BCUT2D eigenvalue weighted by atomic mass is 10.1. The summed E-state index contributed by atoms with van der Waals surface area (Å²) >= 11 is 0. The lowest BCUT2D eigenvalue weighted by Gasteiger charge is -2.31. The molecular weight excluding hydrogens is 374 g/mol. The molecule has 1 saturated heterocycles. The molecule has 4 rings (SSSR count). The van der Waals surface area contributed by atoms with Gasteiger partial charge in [-0.05, 0) is 42.8 Å². The molecule has 0 bridgehead atoms. The van der Waals surface area contributed by atoms with Crippen LogP contribution in [-0.4, -0.2) is 63.3 Å². The van der Waals surface area contributed by atoms with Gasteiger partial charge in [-0.15, -0.1) is 0 Å². The summed E-state index contributed by atoms with van der Waals surface area (Å²) < 4.78 is 26.9. The van der Waals surface area contributed by atoms with Crippen LogP contribution in [0.4, 0.5) is 5.69 Å². The Hall–Kier alpha value is -2.22. The first kappa shape index (κ1) is 19.1. The molecule has 0 aromatic heterocycles. The van der Waals surface area contributed by atoms with Gasteiger partial charge >= 0.3 is 0 Å². The normalized spacial score (nSPS) is 18.2. The number of carbonyl (C=O) groups is 1. The zero-order valence-corrected chi connectivity index (χ0v) is 16.9. The number of piperazine rings is 1. The minimum Gasteiger partial charge on any atom is -0.308 e. The predicted octanol–water partition coefficient (Wildman–Crippen LogP) is 1.97. The van der Waals surface area contributed by atoms with Gasteiger partial charge in [0.25, 0.3) is 5.91 Å². The smallest absolute Gasteiger partial charge is 0.258 e. The third kappa shape index (κ3) is 3.83. The molecule has 6 nitrogen and oxygen atoms in total. The van der Waals surface area contributed by atoms with Crippen molar-refractivity contribution in [2.75, 3.05) is 44.7 Å². The molecule has 0 N–H and O–H groups in total. The summed E-state index contributed by atoms with van der Waals surface area (Å²) in [6, 6.07) is 14.9. The van der Waals surface area contributed by atoms with Gasteiger partial charge in [0.05, 0.1) is 5.75 Å². The second-order valence-corrected chi connectivity index (χ2v) is 9.46. The fourth-order valence-corrected chi connectivity index (χ4v) is 5.33. The number of likely N-dealkylation sites (N-methyl/N-ethyl adjacent to an activating group) is 1. The number of rotatable bonds is 4. The number of para-hydroxylation sites is 1. The van der Waals surface area contributed by atoms with E-state index in [1.165, 1.54) is 5.56 Å². The zero-order valence-electron chi connectivity index (χ0n) is 16.0. The first-order chi connectivity index (χ1) is 13.4. The molecule has 7 heteroatoms. The predicted molar refractivity (Wildman–Crippen MR) is 110 cm³/mol. The summed E-state index contributed by atoms with van der Waals surface area (Å²) in [5, 5.41) is 0. The molecule has 0 saturated carbocycles. The molecule has 2 aromatic carbocycles. The average Bonchev–Trinajstić information content (AvgIpc) is 3.12. The van der Waals surface area contributed by atoms with Crippen molar-refractivity contribution >= 4 is 21.6 Å². The second kappa shape index (κ2) is 7.66. The highest BCUT2D eigenvalue weighted by atomic mass is 32.2. The van der Waals surface area contributed by atoms with E-state index in [1.807, 2.05) is 25.2 Å². The number of carbonyl (C=O) groups excluding carboxylic acids is 1. The summed E-state index contributed by atoms with van der Waals surface area (Å²) in [5.41, 5.74) is 3.44. The fourth-order valence-electron chi connectivity index (χ4n) is 3.82. The van der Waals surface area contributed by atoms with Gasteiger partial charge < -0.3 is 9.80 Å². The van der Waals surface area contributed by atoms with Crippen LogP contribution in [0, 0.1) is 0 Å². The van der Waals surface area contributed by atoms with Crippen LogP contribution in [0.15, 0.2) is 48.5 Å². The van der Waals surface area contributed by atoms with Gasteiger partial charge in [0.2, 0.25) is 10.0 Å². The quantitative estimate of drug-likeness (QED) is 0.789. The summed E-state index contributed by atoms with van der Waals surface area (Å²) in [6.45, 7) is 3.25. The second-order valence-electron chi connectivity index (χ2n) is 7.49. The topological polar surface area (TPSA) is 60.9 Å². The van der Waals surface area contributed by atoms with Crippen molar-refractivity contribution in [2.45, 2.75) is 12.2 Å². The van der Waals surface area contributed by atoms with E-state index in [1.54, 1.807) is 33.5 Å². The van der Waals surface area contributed by atoms with Gasteiger partial charge in [-0.25, -0.2) is 8.42 Å². The maximum atomic E-state index is 12.9. The van der Waals surface area contributed by atoms with Crippen molar-refractivity contribution in [3.8, 4) is 0 Å². The Kier molecular flexibility index (Phi) is 5.23. The first-order valence-corrected chi connectivity index (χ1v) is 11.2. The van der Waals surface area contributed by atoms with E-state index in [0.717, 1.165) is 25.2 Å². The molecule has 0 atom stereocenters. The molecule has 0 aliphatic carbocycles. The standard InChI is InChI=1S/C21H25N3O3S/c1-22-12-14-23(15-13-22)28(26,27)16-17-6-8-19(9-7-17)21(25)24-11-10-18-4-2-3-5-20(18)24/h2-9H,10-16H2,1H3. The van der Waals surface area contributed by atoms with E-state index in [-0.39, 0.29) is 11.7 Å². The molecule has 2 aliphatic heterocycles. The largest absolute Gasteiger partial charge is 0.308 e. The Labute approximate surface area is 166 Å². The number of anilines is 1. The summed E-state index contributed by atoms with van der Waals surface area (Å²) in [7, 11) is -1.34. The number of amides is 1. The Bertz CT molecular complexity index is 965. The minimum absolute atomic E-state index is 0.0300. The first-order valence-electron chi connectivity index (χ1n) is 9.59. The zero-order chi connectivity index (χ0) is 19.7. The maximum Gasteiger partial charge on any atom is 0.258 e. The van der Waals surface area contributed by atoms with Gasteiger partial charge in [0.1, 0.15) is 0 Å². The highest BCUT2D eigenvalue weighted by molar-refractivity contribution is 7.88. The summed E-state index contributed by atoms with van der Waals surface area (Å²) in [5.74, 6) is -0.0732. The van der Waals surface area contributed by atoms with Crippen LogP contribution in [0.1, 0.15) is 21.5 Å². The van der Waals surface area contributed by atoms with Gasteiger partial charge in [-0.3, -0.25) is 4.79 Å². The summed E-state index contributed by atoms with van der Waals surface area (Å²) in [4.78, 5) is 16.8. The van der Waals surface area contributed by atoms with Crippen LogP contribution in [0.25, 0.3) is 0 Å². The van der Waals surface area contributed by atoms with Crippen LogP contribution >= 0.6 is 0 Å². The van der Waals surface area contributed by atoms with Crippen LogP contribution in [0.2, 0.25) is 0 Å². The van der Waals surface area contributed by atoms with E-state index in [4.69, 9.17) is 0 Å². The SMILES string of the molecule is CN1CCN(S(=O)(=O)Cc2ccc(C(=O)N3CCc4ccccc43)cc2)CC1. The lowest BCUT2D eigenvalue weighted by molar-refractivity contribution is 0.0989. The molecule has 1 fully saturated rings. The van der Waals surface area contributed by atoms with Crippen LogP contribution in [0.5, 0.6) is 0 Å². The average molecular weight is 400 g/mol. The molecule has 0 radical (unpaired) electrons. The van der Waals surface area contributed by atoms with Crippen molar-refractivity contribution in [2.24, 2.45) is 0 Å². The molecule has 28 heavy (non-hydrogen) atoms. The number of nitrogens with zero attached hydrogens (tertiary/aromatic N) is 3. The molecular formula is C21H25N3O3S. The third-order valence-corrected chi connectivity index (χ3v) is 7.39. The van der Waals surface area contributed by atoms with Crippen LogP contribution < -0.4 is 4.90 Å². The van der Waals surface area contributed by atoms with Gasteiger partial charge in [0, 0.05) is 44.0 Å². The Morgan fingerprint density at radius 2 is 1.61 bits per heavy atom. The molecule has 2 aromatic rings. The molecule has 2 aliphatic rings. The summed E-state index contributed by atoms with van der Waals surface area (Å²) in [6.07, 6.45) is 0.864. The fraction of sp³-hybridized carbons (Fsp3) is 0.381. The minimum atomic E-state index is -3.34. The molecule has 0 unspecified atom stereocenters. The lowest BCUT2D eigenvalue weighted by Crippen LogP contribution is -2.47. The number of benzene rings is 2. The Balaban J connectivity index is 1.45. The third-order valence-electron chi connectivity index (χ3n) is 5.54. The van der Waals surface area contributed by atoms with E-state index < -0.39 is 10.0 Å². The Morgan fingerprint density at radius 3 is 2.32 bits per heavy atom. The van der Waals surface area contributed by atoms with Crippen molar-refractivity contribution in [3.05, 3.63) is 65.2 Å². The molecule has 0 spiro atoms. The van der Waals surface area contributed by atoms with Gasteiger partial charge in [-0.1, -0.05) is 30.3 Å². The van der Waals surface area contributed by atoms with Gasteiger partial charge in [0.15, 0.2) is 0 Å². The monoisotopic (exact) mass is 399 g/mol. The van der Waals surface area contributed by atoms with Crippen molar-refractivity contribution in [3.63, 3.8) is 0 Å². The van der Waals surface area contributed by atoms with E-state index >= 15 is 0 Å². The number of hydrogen-bond donors (Lipinski definition) is 0. The van der Waals surface area contributed by atoms with Crippen LogP contribution in [0.3, 0.4) is 0 Å². The van der Waals surface area contributed by atoms with E-state index in [9.17, 15) is 13.2 Å². The van der Waals surface area contributed by atoms with Crippen molar-refractivity contribution in [1.29, 1.82) is 0 Å². The van der Waals surface area contributed by atoms with E-state index in [2.05, 4.69) is 11.0 Å². The molecule has 1 amide bonds. The highest BCUT2D eigenvalue weighted by Gasteiger charge is 2.27. The molecule has 2 heterocycles. The number of fused-ring (bicyclic) bond motifs is 1. The number of sulfonamides is 1. The molecule has 148 valence electrons. The van der Waals surface area contributed by atoms with E-state index in [0.29, 0.717) is 30.8 Å². The Morgan fingerprint density at radius 1 is 0.929 bits per heavy atom. The highest BCUT2D eigenvalue weighted by Crippen LogP contribution is 2.29. The number of hydrogen-bond acceptors (Lipinski definition) is 4. The van der Waals surface area contributed by atoms with Gasteiger partial charge in [-0.2, -0.15) is 4.31 Å². The van der Waals surface area contributed by atoms with Crippen molar-refractivity contribution in [1.82, 2.24) is 9.21 Å².